The van der Waals surface area contributed by atoms with Gasteiger partial charge in [0.15, 0.2) is 23.3 Å². The van der Waals surface area contributed by atoms with Crippen molar-refractivity contribution >= 4 is 17.7 Å². The number of likely N-dealkylation sites (N-methyl/N-ethyl adjacent to an activating group) is 1. The first kappa shape index (κ1) is 24.1. The molecule has 192 valence electrons. The summed E-state index contributed by atoms with van der Waals surface area (Å²) < 4.78 is 14.7. The van der Waals surface area contributed by atoms with Crippen molar-refractivity contribution in [1.82, 2.24) is 30.2 Å². The van der Waals surface area contributed by atoms with Crippen LogP contribution >= 0.6 is 0 Å². The molecule has 1 saturated heterocycles. The second-order valence-corrected chi connectivity index (χ2v) is 11.8. The second-order valence-electron chi connectivity index (χ2n) is 11.8. The highest BCUT2D eigenvalue weighted by Crippen LogP contribution is 2.42. The standard InChI is InChI=1S/C24H38FN9O/c1-14-11-32(6)22(2,3)13-33(14)21(35)34-12-16-18(23(34,4)5)30-31-19(16)28-20-17(25)10-27-24(26,29-20)9-15-7-8-15/h10,14-15,27H,7-9,11-13,26H2,1-6H3,(H2,28,29,30,31)/t14-,24?/m0/s1. The van der Waals surface area contributed by atoms with E-state index >= 15 is 0 Å². The van der Waals surface area contributed by atoms with Gasteiger partial charge in [0.05, 0.1) is 17.8 Å². The van der Waals surface area contributed by atoms with Gasteiger partial charge in [-0.2, -0.15) is 5.10 Å². The van der Waals surface area contributed by atoms with Crippen LogP contribution in [-0.4, -0.2) is 74.3 Å². The number of nitrogens with one attached hydrogen (secondary N) is 3. The molecule has 5 rings (SSSR count). The maximum atomic E-state index is 14.7. The fraction of sp³-hybridized carbons (Fsp3) is 0.708. The first-order valence-electron chi connectivity index (χ1n) is 12.5. The molecule has 3 aliphatic heterocycles. The Kier molecular flexibility index (Phi) is 5.45. The molecule has 2 atom stereocenters. The highest BCUT2D eigenvalue weighted by Gasteiger charge is 2.48. The highest BCUT2D eigenvalue weighted by molar-refractivity contribution is 6.07. The van der Waals surface area contributed by atoms with Crippen molar-refractivity contribution in [3.05, 3.63) is 23.3 Å². The lowest BCUT2D eigenvalue weighted by atomic mass is 9.96. The molecule has 11 heteroatoms. The van der Waals surface area contributed by atoms with E-state index in [2.05, 4.69) is 58.5 Å². The minimum Gasteiger partial charge on any atom is -0.353 e. The molecular weight excluding hydrogens is 449 g/mol. The highest BCUT2D eigenvalue weighted by atomic mass is 19.1. The van der Waals surface area contributed by atoms with Crippen LogP contribution in [0.15, 0.2) is 17.0 Å². The van der Waals surface area contributed by atoms with Gasteiger partial charge < -0.3 is 20.4 Å². The van der Waals surface area contributed by atoms with Gasteiger partial charge in [0.25, 0.3) is 0 Å². The summed E-state index contributed by atoms with van der Waals surface area (Å²) in [6.07, 6.45) is 4.16. The zero-order chi connectivity index (χ0) is 25.3. The maximum Gasteiger partial charge on any atom is 0.321 e. The average molecular weight is 488 g/mol. The number of aromatic nitrogens is 2. The van der Waals surface area contributed by atoms with Crippen molar-refractivity contribution in [2.75, 3.05) is 25.5 Å². The minimum absolute atomic E-state index is 0.00471. The summed E-state index contributed by atoms with van der Waals surface area (Å²) in [5.41, 5.74) is 7.35. The third kappa shape index (κ3) is 4.18. The van der Waals surface area contributed by atoms with Crippen LogP contribution in [0.3, 0.4) is 0 Å². The fourth-order valence-corrected chi connectivity index (χ4v) is 5.38. The second kappa shape index (κ2) is 7.92. The zero-order valence-corrected chi connectivity index (χ0v) is 21.6. The molecule has 1 aliphatic carbocycles. The Morgan fingerprint density at radius 1 is 1.31 bits per heavy atom. The molecule has 4 aliphatic rings. The van der Waals surface area contributed by atoms with E-state index in [1.165, 1.54) is 6.20 Å². The van der Waals surface area contributed by atoms with Gasteiger partial charge in [-0.15, -0.1) is 0 Å². The minimum atomic E-state index is -1.04. The third-order valence-electron chi connectivity index (χ3n) is 8.13. The molecular formula is C24H38FN9O. The number of piperazine rings is 1. The number of fused-ring (bicyclic) bond motifs is 1. The Bertz CT molecular complexity index is 1090. The molecule has 0 bridgehead atoms. The van der Waals surface area contributed by atoms with Gasteiger partial charge in [-0.25, -0.2) is 14.2 Å². The Hall–Kier alpha value is -2.66. The summed E-state index contributed by atoms with van der Waals surface area (Å²) in [5.74, 6) is -0.530. The summed E-state index contributed by atoms with van der Waals surface area (Å²) in [6, 6.07) is 0.0911. The number of amides is 2. The summed E-state index contributed by atoms with van der Waals surface area (Å²) >= 11 is 0. The number of amidine groups is 1. The van der Waals surface area contributed by atoms with E-state index in [1.54, 1.807) is 0 Å². The number of aromatic amines is 1. The van der Waals surface area contributed by atoms with Crippen LogP contribution in [0.1, 0.15) is 65.1 Å². The number of nitrogens with two attached hydrogens (primary N) is 1. The first-order chi connectivity index (χ1) is 16.3. The number of rotatable bonds is 3. The van der Waals surface area contributed by atoms with E-state index in [0.717, 1.165) is 30.6 Å². The molecule has 35 heavy (non-hydrogen) atoms. The lowest BCUT2D eigenvalue weighted by Gasteiger charge is -2.50. The Morgan fingerprint density at radius 2 is 2.03 bits per heavy atom. The monoisotopic (exact) mass is 487 g/mol. The number of aliphatic imine (C=N–C) groups is 1. The lowest BCUT2D eigenvalue weighted by molar-refractivity contribution is 0.00695. The maximum absolute atomic E-state index is 14.7. The fourth-order valence-electron chi connectivity index (χ4n) is 5.38. The summed E-state index contributed by atoms with van der Waals surface area (Å²) in [6.45, 7) is 12.2. The Morgan fingerprint density at radius 3 is 2.71 bits per heavy atom. The Labute approximate surface area is 206 Å². The number of carbonyl (C=O) groups is 1. The topological polar surface area (TPSA) is 118 Å². The van der Waals surface area contributed by atoms with Gasteiger partial charge in [-0.3, -0.25) is 15.7 Å². The quantitative estimate of drug-likeness (QED) is 0.521. The van der Waals surface area contributed by atoms with Gasteiger partial charge in [-0.05, 0) is 60.4 Å². The van der Waals surface area contributed by atoms with E-state index in [-0.39, 0.29) is 23.4 Å². The van der Waals surface area contributed by atoms with Crippen LogP contribution in [0.25, 0.3) is 0 Å². The number of nitrogens with zero attached hydrogens (tertiary/aromatic N) is 5. The zero-order valence-electron chi connectivity index (χ0n) is 21.6. The van der Waals surface area contributed by atoms with E-state index < -0.39 is 17.2 Å². The predicted octanol–water partition coefficient (Wildman–Crippen LogP) is 2.63. The SMILES string of the molecule is C[C@H]1CN(C)C(C)(C)CN1C(=O)N1Cc2c(NC3=NC(N)(CC4CC4)NC=C3F)n[nH]c2C1(C)C. The summed E-state index contributed by atoms with van der Waals surface area (Å²) in [5, 5.41) is 13.4. The third-order valence-corrected chi connectivity index (χ3v) is 8.13. The number of hydrogen-bond donors (Lipinski definition) is 4. The molecule has 0 aromatic carbocycles. The smallest absolute Gasteiger partial charge is 0.321 e. The van der Waals surface area contributed by atoms with E-state index in [0.29, 0.717) is 31.2 Å². The van der Waals surface area contributed by atoms with Crippen molar-refractivity contribution in [1.29, 1.82) is 0 Å². The van der Waals surface area contributed by atoms with Crippen molar-refractivity contribution in [3.63, 3.8) is 0 Å². The van der Waals surface area contributed by atoms with Crippen molar-refractivity contribution < 1.29 is 9.18 Å². The van der Waals surface area contributed by atoms with Crippen molar-refractivity contribution in [2.24, 2.45) is 16.6 Å². The molecule has 1 aromatic heterocycles. The molecule has 10 nitrogen and oxygen atoms in total. The molecule has 0 spiro atoms. The largest absolute Gasteiger partial charge is 0.353 e. The Balaban J connectivity index is 1.37. The van der Waals surface area contributed by atoms with E-state index in [9.17, 15) is 9.18 Å². The van der Waals surface area contributed by atoms with Gasteiger partial charge in [0, 0.05) is 42.9 Å². The normalized spacial score (nSPS) is 29.9. The molecule has 2 amide bonds. The van der Waals surface area contributed by atoms with E-state index in [1.807, 2.05) is 23.6 Å². The van der Waals surface area contributed by atoms with Crippen molar-refractivity contribution in [3.8, 4) is 0 Å². The molecule has 4 heterocycles. The number of hydrogen-bond acceptors (Lipinski definition) is 7. The van der Waals surface area contributed by atoms with Gasteiger partial charge in [0.2, 0.25) is 0 Å². The van der Waals surface area contributed by atoms with Crippen LogP contribution in [0.5, 0.6) is 0 Å². The van der Waals surface area contributed by atoms with Gasteiger partial charge in [-0.1, -0.05) is 0 Å². The molecule has 5 N–H and O–H groups in total. The summed E-state index contributed by atoms with van der Waals surface area (Å²) in [7, 11) is 2.10. The van der Waals surface area contributed by atoms with Crippen LogP contribution in [0.4, 0.5) is 15.0 Å². The molecule has 1 unspecified atom stereocenters. The first-order valence-corrected chi connectivity index (χ1v) is 12.5. The number of H-pyrrole nitrogens is 1. The summed E-state index contributed by atoms with van der Waals surface area (Å²) in [4.78, 5) is 24.4. The van der Waals surface area contributed by atoms with Crippen LogP contribution in [0.2, 0.25) is 0 Å². The average Bonchev–Trinajstić information content (AvgIpc) is 3.40. The van der Waals surface area contributed by atoms with Gasteiger partial charge >= 0.3 is 6.03 Å². The number of anilines is 1. The lowest BCUT2D eigenvalue weighted by Crippen LogP contribution is -2.65. The molecule has 1 aromatic rings. The van der Waals surface area contributed by atoms with Gasteiger partial charge in [0.1, 0.15) is 0 Å². The molecule has 0 radical (unpaired) electrons. The van der Waals surface area contributed by atoms with Crippen LogP contribution in [-0.2, 0) is 12.1 Å². The number of halogens is 1. The molecule has 2 fully saturated rings. The molecule has 1 saturated carbocycles. The van der Waals surface area contributed by atoms with Crippen molar-refractivity contribution in [2.45, 2.75) is 83.3 Å². The number of urea groups is 1. The predicted molar refractivity (Wildman–Crippen MR) is 133 cm³/mol. The number of carbonyl (C=O) groups excluding carboxylic acids is 1. The van der Waals surface area contributed by atoms with Crippen LogP contribution < -0.4 is 16.4 Å². The van der Waals surface area contributed by atoms with E-state index in [4.69, 9.17) is 5.73 Å². The van der Waals surface area contributed by atoms with Crippen LogP contribution in [0, 0.1) is 5.92 Å².